The number of hydrogen-bond acceptors (Lipinski definition) is 3. The topological polar surface area (TPSA) is 82.1 Å². The van der Waals surface area contributed by atoms with Gasteiger partial charge < -0.3 is 10.1 Å². The van der Waals surface area contributed by atoms with Gasteiger partial charge in [0.15, 0.2) is 0 Å². The summed E-state index contributed by atoms with van der Waals surface area (Å²) in [4.78, 5) is 25.2. The highest BCUT2D eigenvalue weighted by atomic mass is 16.4. The molecule has 3 rings (SSSR count). The Labute approximate surface area is 135 Å². The van der Waals surface area contributed by atoms with Gasteiger partial charge in [-0.3, -0.25) is 9.88 Å². The van der Waals surface area contributed by atoms with E-state index in [9.17, 15) is 9.90 Å². The minimum atomic E-state index is -0.883. The molecular weight excluding hydrogens is 292 g/mol. The van der Waals surface area contributed by atoms with E-state index in [0.29, 0.717) is 5.82 Å². The van der Waals surface area contributed by atoms with Crippen molar-refractivity contribution in [3.63, 3.8) is 0 Å². The number of rotatable bonds is 2. The second kappa shape index (κ2) is 5.68. The molecule has 2 N–H and O–H groups in total. The molecule has 2 aromatic rings. The molecule has 1 amide bonds. The summed E-state index contributed by atoms with van der Waals surface area (Å²) in [7, 11) is 0. The highest BCUT2D eigenvalue weighted by Crippen LogP contribution is 2.42. The van der Waals surface area contributed by atoms with Crippen LogP contribution in [-0.2, 0) is 0 Å². The molecule has 1 aliphatic rings. The summed E-state index contributed by atoms with van der Waals surface area (Å²) in [5.41, 5.74) is 1.71. The minimum absolute atomic E-state index is 0.00283. The van der Waals surface area contributed by atoms with Crippen molar-refractivity contribution in [3.8, 4) is 11.3 Å². The Morgan fingerprint density at radius 1 is 1.35 bits per heavy atom. The monoisotopic (exact) mass is 314 g/mol. The molecule has 6 nitrogen and oxygen atoms in total. The van der Waals surface area contributed by atoms with Crippen LogP contribution in [0.4, 0.5) is 4.79 Å². The fourth-order valence-corrected chi connectivity index (χ4v) is 3.37. The summed E-state index contributed by atoms with van der Waals surface area (Å²) in [6, 6.07) is 3.59. The maximum atomic E-state index is 11.8. The molecule has 2 aromatic heterocycles. The van der Waals surface area contributed by atoms with Crippen LogP contribution in [0.3, 0.4) is 0 Å². The predicted molar refractivity (Wildman–Crippen MR) is 86.9 cm³/mol. The van der Waals surface area contributed by atoms with Crippen molar-refractivity contribution >= 4 is 6.09 Å². The molecule has 0 radical (unpaired) electrons. The first-order valence-electron chi connectivity index (χ1n) is 7.84. The number of nitrogens with zero attached hydrogens (tertiary/aromatic N) is 3. The molecule has 0 spiro atoms. The zero-order chi connectivity index (χ0) is 16.6. The Bertz CT molecular complexity index is 690. The van der Waals surface area contributed by atoms with Crippen LogP contribution in [0.1, 0.15) is 45.5 Å². The van der Waals surface area contributed by atoms with Gasteiger partial charge in [0.1, 0.15) is 5.82 Å². The van der Waals surface area contributed by atoms with Crippen LogP contribution in [0.5, 0.6) is 0 Å². The number of carboxylic acid groups (broad SMARTS) is 1. The van der Waals surface area contributed by atoms with Gasteiger partial charge in [0.25, 0.3) is 0 Å². The SMILES string of the molecule is CC(C)(C)C1CCC(c2ncc(-c3cccnc3)[nH]2)N1C(=O)O. The maximum Gasteiger partial charge on any atom is 0.408 e. The summed E-state index contributed by atoms with van der Waals surface area (Å²) in [5, 5.41) is 9.68. The van der Waals surface area contributed by atoms with Crippen molar-refractivity contribution in [1.29, 1.82) is 0 Å². The smallest absolute Gasteiger partial charge is 0.408 e. The number of hydrogen-bond donors (Lipinski definition) is 2. The lowest BCUT2D eigenvalue weighted by molar-refractivity contribution is 0.0851. The van der Waals surface area contributed by atoms with Crippen LogP contribution in [0, 0.1) is 5.41 Å². The second-order valence-electron chi connectivity index (χ2n) is 7.09. The quantitative estimate of drug-likeness (QED) is 0.885. The molecule has 0 bridgehead atoms. The second-order valence-corrected chi connectivity index (χ2v) is 7.09. The van der Waals surface area contributed by atoms with E-state index in [1.807, 2.05) is 12.1 Å². The van der Waals surface area contributed by atoms with E-state index in [1.165, 1.54) is 0 Å². The number of aromatic nitrogens is 3. The number of likely N-dealkylation sites (tertiary alicyclic amines) is 1. The zero-order valence-corrected chi connectivity index (χ0v) is 13.7. The molecule has 23 heavy (non-hydrogen) atoms. The van der Waals surface area contributed by atoms with Crippen LogP contribution < -0.4 is 0 Å². The summed E-state index contributed by atoms with van der Waals surface area (Å²) < 4.78 is 0. The molecule has 1 fully saturated rings. The van der Waals surface area contributed by atoms with E-state index in [2.05, 4.69) is 35.7 Å². The van der Waals surface area contributed by atoms with Crippen molar-refractivity contribution in [1.82, 2.24) is 19.9 Å². The van der Waals surface area contributed by atoms with E-state index in [4.69, 9.17) is 0 Å². The van der Waals surface area contributed by atoms with Crippen LogP contribution in [0.2, 0.25) is 0 Å². The highest BCUT2D eigenvalue weighted by molar-refractivity contribution is 5.67. The molecule has 0 aromatic carbocycles. The van der Waals surface area contributed by atoms with Crippen LogP contribution >= 0.6 is 0 Å². The number of H-pyrrole nitrogens is 1. The fourth-order valence-electron chi connectivity index (χ4n) is 3.37. The fraction of sp³-hybridized carbons (Fsp3) is 0.471. The lowest BCUT2D eigenvalue weighted by Gasteiger charge is -2.35. The molecular formula is C17H22N4O2. The Hall–Kier alpha value is -2.37. The van der Waals surface area contributed by atoms with Crippen molar-refractivity contribution in [2.75, 3.05) is 0 Å². The number of aromatic amines is 1. The van der Waals surface area contributed by atoms with Crippen LogP contribution in [0.25, 0.3) is 11.3 Å². The van der Waals surface area contributed by atoms with Gasteiger partial charge in [0.2, 0.25) is 0 Å². The molecule has 2 unspecified atom stereocenters. The number of carbonyl (C=O) groups is 1. The van der Waals surface area contributed by atoms with Crippen molar-refractivity contribution < 1.29 is 9.90 Å². The first kappa shape index (κ1) is 15.5. The van der Waals surface area contributed by atoms with Crippen molar-refractivity contribution in [2.45, 2.75) is 45.7 Å². The molecule has 3 heterocycles. The maximum absolute atomic E-state index is 11.8. The van der Waals surface area contributed by atoms with E-state index in [0.717, 1.165) is 24.1 Å². The van der Waals surface area contributed by atoms with Crippen LogP contribution in [-0.4, -0.2) is 37.1 Å². The largest absolute Gasteiger partial charge is 0.465 e. The number of imidazole rings is 1. The first-order chi connectivity index (χ1) is 10.9. The average molecular weight is 314 g/mol. The Balaban J connectivity index is 1.90. The normalized spacial score (nSPS) is 21.6. The lowest BCUT2D eigenvalue weighted by Crippen LogP contribution is -2.43. The summed E-state index contributed by atoms with van der Waals surface area (Å²) in [6.45, 7) is 6.25. The average Bonchev–Trinajstić information content (AvgIpc) is 3.14. The minimum Gasteiger partial charge on any atom is -0.465 e. The van der Waals surface area contributed by atoms with Crippen molar-refractivity contribution in [3.05, 3.63) is 36.5 Å². The van der Waals surface area contributed by atoms with Gasteiger partial charge in [-0.15, -0.1) is 0 Å². The van der Waals surface area contributed by atoms with Crippen molar-refractivity contribution in [2.24, 2.45) is 5.41 Å². The predicted octanol–water partition coefficient (Wildman–Crippen LogP) is 3.70. The third kappa shape index (κ3) is 2.93. The standard InChI is InChI=1S/C17H22N4O2/c1-17(2,3)14-7-6-13(21(14)16(22)23)15-19-10-12(20-15)11-5-4-8-18-9-11/h4-5,8-10,13-14H,6-7H2,1-3H3,(H,19,20)(H,22,23). The number of pyridine rings is 1. The van der Waals surface area contributed by atoms with Gasteiger partial charge in [0.05, 0.1) is 17.9 Å². The number of amides is 1. The summed E-state index contributed by atoms with van der Waals surface area (Å²) in [6.07, 6.45) is 5.98. The first-order valence-corrected chi connectivity index (χ1v) is 7.84. The molecule has 0 aliphatic carbocycles. The molecule has 1 aliphatic heterocycles. The van der Waals surface area contributed by atoms with Gasteiger partial charge in [-0.05, 0) is 30.4 Å². The molecule has 1 saturated heterocycles. The molecule has 122 valence electrons. The lowest BCUT2D eigenvalue weighted by atomic mass is 9.85. The van der Waals surface area contributed by atoms with E-state index in [-0.39, 0.29) is 17.5 Å². The van der Waals surface area contributed by atoms with E-state index >= 15 is 0 Å². The Kier molecular flexibility index (Phi) is 3.83. The molecule has 6 heteroatoms. The highest BCUT2D eigenvalue weighted by Gasteiger charge is 2.44. The Morgan fingerprint density at radius 3 is 2.74 bits per heavy atom. The summed E-state index contributed by atoms with van der Waals surface area (Å²) in [5.74, 6) is 0.706. The van der Waals surface area contributed by atoms with Gasteiger partial charge in [-0.1, -0.05) is 20.8 Å². The molecule has 2 atom stereocenters. The number of nitrogens with one attached hydrogen (secondary N) is 1. The van der Waals surface area contributed by atoms with Crippen LogP contribution in [0.15, 0.2) is 30.7 Å². The third-order valence-electron chi connectivity index (χ3n) is 4.49. The van der Waals surface area contributed by atoms with Gasteiger partial charge in [-0.2, -0.15) is 0 Å². The van der Waals surface area contributed by atoms with E-state index < -0.39 is 6.09 Å². The van der Waals surface area contributed by atoms with Gasteiger partial charge >= 0.3 is 6.09 Å². The zero-order valence-electron chi connectivity index (χ0n) is 13.7. The Morgan fingerprint density at radius 2 is 2.13 bits per heavy atom. The third-order valence-corrected chi connectivity index (χ3v) is 4.49. The summed E-state index contributed by atoms with van der Waals surface area (Å²) >= 11 is 0. The van der Waals surface area contributed by atoms with Gasteiger partial charge in [-0.25, -0.2) is 9.78 Å². The molecule has 0 saturated carbocycles. The van der Waals surface area contributed by atoms with E-state index in [1.54, 1.807) is 23.5 Å². The van der Waals surface area contributed by atoms with Gasteiger partial charge in [0, 0.05) is 24.0 Å².